The van der Waals surface area contributed by atoms with Gasteiger partial charge in [-0.25, -0.2) is 0 Å². The molecule has 0 aliphatic heterocycles. The van der Waals surface area contributed by atoms with Crippen LogP contribution < -0.4 is 11.3 Å². The van der Waals surface area contributed by atoms with Crippen LogP contribution in [-0.4, -0.2) is 0 Å². The zero-order valence-electron chi connectivity index (χ0n) is 12.3. The minimum absolute atomic E-state index is 0.145. The van der Waals surface area contributed by atoms with Crippen molar-refractivity contribution in [1.29, 1.82) is 0 Å². The van der Waals surface area contributed by atoms with Gasteiger partial charge in [-0.2, -0.15) is 0 Å². The lowest BCUT2D eigenvalue weighted by molar-refractivity contribution is 0.476. The summed E-state index contributed by atoms with van der Waals surface area (Å²) in [6, 6.07) is 6.12. The fraction of sp³-hybridized carbons (Fsp3) is 0.625. The first-order chi connectivity index (χ1) is 9.69. The maximum atomic E-state index is 6.27. The molecule has 114 valence electrons. The number of benzene rings is 1. The van der Waals surface area contributed by atoms with Gasteiger partial charge in [0.05, 0.1) is 0 Å². The number of hydrogen-bond donors (Lipinski definition) is 2. The van der Waals surface area contributed by atoms with E-state index in [-0.39, 0.29) is 6.04 Å². The molecule has 0 aliphatic carbocycles. The Kier molecular flexibility index (Phi) is 9.53. The Morgan fingerprint density at radius 3 is 2.40 bits per heavy atom. The first-order valence-corrected chi connectivity index (χ1v) is 8.77. The average molecular weight is 362 g/mol. The summed E-state index contributed by atoms with van der Waals surface area (Å²) >= 11 is 9.70. The van der Waals surface area contributed by atoms with E-state index in [4.69, 9.17) is 17.4 Å². The summed E-state index contributed by atoms with van der Waals surface area (Å²) in [5.41, 5.74) is 3.98. The molecule has 0 radical (unpaired) electrons. The molecule has 20 heavy (non-hydrogen) atoms. The van der Waals surface area contributed by atoms with Crippen molar-refractivity contribution in [3.05, 3.63) is 33.3 Å². The Morgan fingerprint density at radius 2 is 1.80 bits per heavy atom. The molecule has 1 unspecified atom stereocenters. The zero-order valence-corrected chi connectivity index (χ0v) is 14.6. The maximum absolute atomic E-state index is 6.27. The molecule has 1 rings (SSSR count). The van der Waals surface area contributed by atoms with Crippen LogP contribution in [0, 0.1) is 0 Å². The minimum Gasteiger partial charge on any atom is -0.271 e. The molecule has 1 aromatic carbocycles. The Labute approximate surface area is 136 Å². The fourth-order valence-corrected chi connectivity index (χ4v) is 3.22. The third-order valence-corrected chi connectivity index (χ3v) is 4.46. The molecule has 0 spiro atoms. The van der Waals surface area contributed by atoms with Crippen LogP contribution in [-0.2, 0) is 0 Å². The van der Waals surface area contributed by atoms with Gasteiger partial charge in [0.25, 0.3) is 0 Å². The number of rotatable bonds is 10. The van der Waals surface area contributed by atoms with Crippen LogP contribution in [0.1, 0.15) is 69.9 Å². The van der Waals surface area contributed by atoms with E-state index >= 15 is 0 Å². The largest absolute Gasteiger partial charge is 0.271 e. The van der Waals surface area contributed by atoms with Crippen LogP contribution in [0.25, 0.3) is 0 Å². The summed E-state index contributed by atoms with van der Waals surface area (Å²) < 4.78 is 0.998. The second-order valence-corrected chi connectivity index (χ2v) is 6.62. The van der Waals surface area contributed by atoms with E-state index in [9.17, 15) is 0 Å². The minimum atomic E-state index is 0.145. The number of halogens is 2. The summed E-state index contributed by atoms with van der Waals surface area (Å²) in [4.78, 5) is 0. The van der Waals surface area contributed by atoms with Gasteiger partial charge in [0.15, 0.2) is 0 Å². The second kappa shape index (κ2) is 10.6. The standard InChI is InChI=1S/C16H26BrClN2/c1-2-3-4-5-6-7-8-9-16(20-19)14-11-10-13(17)12-15(14)18/h10-12,16,20H,2-9,19H2,1H3. The lowest BCUT2D eigenvalue weighted by atomic mass is 10.00. The second-order valence-electron chi connectivity index (χ2n) is 5.30. The zero-order chi connectivity index (χ0) is 14.8. The Hall–Kier alpha value is -0.0900. The van der Waals surface area contributed by atoms with Crippen LogP contribution in [0.15, 0.2) is 22.7 Å². The Morgan fingerprint density at radius 1 is 1.15 bits per heavy atom. The van der Waals surface area contributed by atoms with E-state index in [0.29, 0.717) is 0 Å². The predicted octanol–water partition coefficient (Wildman–Crippen LogP) is 5.75. The fourth-order valence-electron chi connectivity index (χ4n) is 2.42. The first kappa shape index (κ1) is 18.0. The van der Waals surface area contributed by atoms with Gasteiger partial charge in [-0.05, 0) is 24.1 Å². The van der Waals surface area contributed by atoms with E-state index in [1.807, 2.05) is 18.2 Å². The lowest BCUT2D eigenvalue weighted by Crippen LogP contribution is -2.28. The third kappa shape index (κ3) is 6.57. The van der Waals surface area contributed by atoms with Gasteiger partial charge in [-0.15, -0.1) is 0 Å². The summed E-state index contributed by atoms with van der Waals surface area (Å²) in [5.74, 6) is 5.67. The van der Waals surface area contributed by atoms with Gasteiger partial charge in [0, 0.05) is 15.5 Å². The van der Waals surface area contributed by atoms with E-state index in [1.165, 1.54) is 44.9 Å². The molecule has 0 aliphatic rings. The van der Waals surface area contributed by atoms with E-state index in [0.717, 1.165) is 21.5 Å². The van der Waals surface area contributed by atoms with Gasteiger partial charge in [-0.1, -0.05) is 85.5 Å². The molecule has 3 N–H and O–H groups in total. The normalized spacial score (nSPS) is 12.6. The molecule has 4 heteroatoms. The van der Waals surface area contributed by atoms with Crippen LogP contribution in [0.3, 0.4) is 0 Å². The lowest BCUT2D eigenvalue weighted by Gasteiger charge is -2.17. The van der Waals surface area contributed by atoms with Crippen LogP contribution in [0.4, 0.5) is 0 Å². The molecule has 0 bridgehead atoms. The number of nitrogens with two attached hydrogens (primary N) is 1. The topological polar surface area (TPSA) is 38.0 Å². The maximum Gasteiger partial charge on any atom is 0.0474 e. The highest BCUT2D eigenvalue weighted by atomic mass is 79.9. The van der Waals surface area contributed by atoms with Crippen molar-refractivity contribution >= 4 is 27.5 Å². The summed E-state index contributed by atoms with van der Waals surface area (Å²) in [6.07, 6.45) is 10.2. The average Bonchev–Trinajstić information content (AvgIpc) is 2.43. The van der Waals surface area contributed by atoms with E-state index in [2.05, 4.69) is 28.3 Å². The molecular formula is C16H26BrClN2. The van der Waals surface area contributed by atoms with E-state index < -0.39 is 0 Å². The van der Waals surface area contributed by atoms with Gasteiger partial charge in [-0.3, -0.25) is 11.3 Å². The van der Waals surface area contributed by atoms with Gasteiger partial charge < -0.3 is 0 Å². The molecule has 0 saturated heterocycles. The van der Waals surface area contributed by atoms with Gasteiger partial charge in [0.1, 0.15) is 0 Å². The molecule has 1 atom stereocenters. The van der Waals surface area contributed by atoms with Crippen molar-refractivity contribution in [3.63, 3.8) is 0 Å². The Balaban J connectivity index is 2.32. The molecule has 1 aromatic rings. The highest BCUT2D eigenvalue weighted by molar-refractivity contribution is 9.10. The number of nitrogens with one attached hydrogen (secondary N) is 1. The molecule has 2 nitrogen and oxygen atoms in total. The monoisotopic (exact) mass is 360 g/mol. The summed E-state index contributed by atoms with van der Waals surface area (Å²) in [6.45, 7) is 2.25. The number of hydrazine groups is 1. The van der Waals surface area contributed by atoms with Crippen molar-refractivity contribution in [3.8, 4) is 0 Å². The number of hydrogen-bond acceptors (Lipinski definition) is 2. The van der Waals surface area contributed by atoms with Crippen molar-refractivity contribution in [2.45, 2.75) is 64.3 Å². The summed E-state index contributed by atoms with van der Waals surface area (Å²) in [5, 5.41) is 0.769. The van der Waals surface area contributed by atoms with Gasteiger partial charge >= 0.3 is 0 Å². The SMILES string of the molecule is CCCCCCCCCC(NN)c1ccc(Br)cc1Cl. The first-order valence-electron chi connectivity index (χ1n) is 7.60. The molecule has 0 amide bonds. The number of unbranched alkanes of at least 4 members (excludes halogenated alkanes) is 6. The van der Waals surface area contributed by atoms with Crippen LogP contribution in [0.2, 0.25) is 5.02 Å². The van der Waals surface area contributed by atoms with E-state index in [1.54, 1.807) is 0 Å². The van der Waals surface area contributed by atoms with Gasteiger partial charge in [0.2, 0.25) is 0 Å². The summed E-state index contributed by atoms with van der Waals surface area (Å²) in [7, 11) is 0. The van der Waals surface area contributed by atoms with Crippen molar-refractivity contribution in [1.82, 2.24) is 5.43 Å². The predicted molar refractivity (Wildman–Crippen MR) is 91.8 cm³/mol. The Bertz CT molecular complexity index is 385. The van der Waals surface area contributed by atoms with Crippen LogP contribution in [0.5, 0.6) is 0 Å². The quantitative estimate of drug-likeness (QED) is 0.316. The van der Waals surface area contributed by atoms with Crippen molar-refractivity contribution in [2.24, 2.45) is 5.84 Å². The van der Waals surface area contributed by atoms with Crippen LogP contribution >= 0.6 is 27.5 Å². The third-order valence-electron chi connectivity index (χ3n) is 3.64. The highest BCUT2D eigenvalue weighted by Crippen LogP contribution is 2.29. The van der Waals surface area contributed by atoms with Crippen molar-refractivity contribution < 1.29 is 0 Å². The van der Waals surface area contributed by atoms with Crippen molar-refractivity contribution in [2.75, 3.05) is 0 Å². The molecular weight excluding hydrogens is 336 g/mol. The molecule has 0 heterocycles. The highest BCUT2D eigenvalue weighted by Gasteiger charge is 2.13. The molecule has 0 aromatic heterocycles. The molecule has 0 saturated carbocycles. The smallest absolute Gasteiger partial charge is 0.0474 e. The molecule has 0 fully saturated rings.